The van der Waals surface area contributed by atoms with Crippen LogP contribution in [0, 0.1) is 0 Å². The lowest BCUT2D eigenvalue weighted by Crippen LogP contribution is -2.27. The van der Waals surface area contributed by atoms with Crippen LogP contribution >= 0.6 is 22.9 Å². The monoisotopic (exact) mass is 418 g/mol. The molecule has 0 aliphatic heterocycles. The van der Waals surface area contributed by atoms with Gasteiger partial charge in [0.25, 0.3) is 5.91 Å². The van der Waals surface area contributed by atoms with E-state index in [0.717, 1.165) is 16.5 Å². The molecule has 0 spiro atoms. The third-order valence-corrected chi connectivity index (χ3v) is 4.60. The number of rotatable bonds is 6. The van der Waals surface area contributed by atoms with Crippen molar-refractivity contribution in [2.45, 2.75) is 0 Å². The predicted molar refractivity (Wildman–Crippen MR) is 107 cm³/mol. The van der Waals surface area contributed by atoms with Crippen molar-refractivity contribution in [1.82, 2.24) is 4.98 Å². The summed E-state index contributed by atoms with van der Waals surface area (Å²) in [5.41, 5.74) is 3.91. The zero-order valence-electron chi connectivity index (χ0n) is 14.5. The normalized spacial score (nSPS) is 10.2. The number of methoxy groups -OCH3 is 1. The van der Waals surface area contributed by atoms with Crippen LogP contribution in [0.3, 0.4) is 0 Å². The van der Waals surface area contributed by atoms with Gasteiger partial charge in [-0.1, -0.05) is 23.7 Å². The third kappa shape index (κ3) is 4.58. The highest BCUT2D eigenvalue weighted by atomic mass is 35.5. The molecule has 0 unspecified atom stereocenters. The van der Waals surface area contributed by atoms with E-state index in [9.17, 15) is 14.8 Å². The molecule has 2 aromatic carbocycles. The van der Waals surface area contributed by atoms with E-state index in [4.69, 9.17) is 11.6 Å². The number of amides is 1. The molecule has 144 valence electrons. The van der Waals surface area contributed by atoms with Crippen LogP contribution in [0.2, 0.25) is 5.02 Å². The van der Waals surface area contributed by atoms with E-state index in [1.165, 1.54) is 12.5 Å². The number of hydrazine groups is 1. The summed E-state index contributed by atoms with van der Waals surface area (Å²) < 4.78 is 4.59. The second-order valence-corrected chi connectivity index (χ2v) is 6.72. The Labute approximate surface area is 169 Å². The summed E-state index contributed by atoms with van der Waals surface area (Å²) in [5.74, 6) is -1.05. The topological polar surface area (TPSA) is 104 Å². The van der Waals surface area contributed by atoms with Gasteiger partial charge in [-0.3, -0.25) is 20.7 Å². The van der Waals surface area contributed by atoms with Gasteiger partial charge in [0.1, 0.15) is 0 Å². The van der Waals surface area contributed by atoms with Crippen molar-refractivity contribution >= 4 is 51.3 Å². The zero-order valence-corrected chi connectivity index (χ0v) is 16.1. The van der Waals surface area contributed by atoms with Gasteiger partial charge in [-0.15, -0.1) is 11.3 Å². The summed E-state index contributed by atoms with van der Waals surface area (Å²) in [6, 6.07) is 13.1. The fourth-order valence-corrected chi connectivity index (χ4v) is 3.03. The van der Waals surface area contributed by atoms with Crippen molar-refractivity contribution in [2.24, 2.45) is 0 Å². The first-order valence-corrected chi connectivity index (χ1v) is 9.19. The molecule has 1 aromatic heterocycles. The zero-order chi connectivity index (χ0) is 20.1. The first-order chi connectivity index (χ1) is 13.5. The van der Waals surface area contributed by atoms with Gasteiger partial charge in [0.15, 0.2) is 10.8 Å². The number of anilines is 3. The summed E-state index contributed by atoms with van der Waals surface area (Å²) in [6.45, 7) is 0. The minimum absolute atomic E-state index is 0.110. The molecule has 3 aromatic rings. The van der Waals surface area contributed by atoms with E-state index in [2.05, 4.69) is 20.5 Å². The molecule has 1 amide bonds. The lowest BCUT2D eigenvalue weighted by Gasteiger charge is -2.20. The average Bonchev–Trinajstić information content (AvgIpc) is 3.16. The third-order valence-electron chi connectivity index (χ3n) is 3.59. The number of carbonyl (C=O) groups is 2. The van der Waals surface area contributed by atoms with Gasteiger partial charge in [0.2, 0.25) is 0 Å². The lowest BCUT2D eigenvalue weighted by atomic mass is 10.1. The molecule has 8 nitrogen and oxygen atoms in total. The highest BCUT2D eigenvalue weighted by Gasteiger charge is 2.16. The molecule has 0 fully saturated rings. The maximum Gasteiger partial charge on any atom is 0.357 e. The van der Waals surface area contributed by atoms with Crippen molar-refractivity contribution in [2.75, 3.05) is 23.0 Å². The number of ether oxygens (including phenoxy) is 1. The van der Waals surface area contributed by atoms with Crippen LogP contribution in [0.4, 0.5) is 16.5 Å². The number of nitrogens with zero attached hydrogens (tertiary/aromatic N) is 2. The summed E-state index contributed by atoms with van der Waals surface area (Å²) in [4.78, 5) is 28.1. The van der Waals surface area contributed by atoms with Crippen LogP contribution < -0.4 is 15.9 Å². The first kappa shape index (κ1) is 19.6. The standard InChI is InChI=1S/C18H15ClN4O4S/c1-27-17(25)15-10-28-18(20-15)21-16(24)13-4-2-3-5-14(13)22-23(26)12-8-6-11(19)7-9-12/h2-10,22,26H,1H3,(H,20,21,24). The molecular formula is C18H15ClN4O4S. The van der Waals surface area contributed by atoms with Crippen LogP contribution in [0.1, 0.15) is 20.8 Å². The van der Waals surface area contributed by atoms with Crippen molar-refractivity contribution in [1.29, 1.82) is 0 Å². The van der Waals surface area contributed by atoms with Gasteiger partial charge in [-0.25, -0.2) is 9.78 Å². The van der Waals surface area contributed by atoms with Gasteiger partial charge >= 0.3 is 5.97 Å². The number of halogens is 1. The summed E-state index contributed by atoms with van der Waals surface area (Å²) >= 11 is 6.94. The Morgan fingerprint density at radius 2 is 1.89 bits per heavy atom. The quantitative estimate of drug-likeness (QED) is 0.409. The number of nitrogens with one attached hydrogen (secondary N) is 2. The smallest absolute Gasteiger partial charge is 0.357 e. The molecule has 1 heterocycles. The molecule has 0 aliphatic carbocycles. The lowest BCUT2D eigenvalue weighted by molar-refractivity contribution is 0.0594. The number of hydrogen-bond donors (Lipinski definition) is 3. The van der Waals surface area contributed by atoms with E-state index in [1.54, 1.807) is 48.5 Å². The van der Waals surface area contributed by atoms with E-state index >= 15 is 0 Å². The number of carbonyl (C=O) groups excluding carboxylic acids is 2. The van der Waals surface area contributed by atoms with E-state index in [0.29, 0.717) is 16.4 Å². The van der Waals surface area contributed by atoms with Gasteiger partial charge in [-0.05, 0) is 36.4 Å². The molecular weight excluding hydrogens is 404 g/mol. The van der Waals surface area contributed by atoms with Crippen molar-refractivity contribution in [3.8, 4) is 0 Å². The number of aromatic nitrogens is 1. The Morgan fingerprint density at radius 3 is 2.61 bits per heavy atom. The molecule has 0 saturated carbocycles. The molecule has 0 bridgehead atoms. The molecule has 3 rings (SSSR count). The second-order valence-electron chi connectivity index (χ2n) is 5.43. The first-order valence-electron chi connectivity index (χ1n) is 7.93. The Hall–Kier alpha value is -3.14. The van der Waals surface area contributed by atoms with E-state index < -0.39 is 11.9 Å². The predicted octanol–water partition coefficient (Wildman–Crippen LogP) is 4.06. The Balaban J connectivity index is 1.75. The number of esters is 1. The number of benzene rings is 2. The number of para-hydroxylation sites is 1. The van der Waals surface area contributed by atoms with Gasteiger partial charge < -0.3 is 4.74 Å². The number of hydrogen-bond acceptors (Lipinski definition) is 8. The van der Waals surface area contributed by atoms with Crippen molar-refractivity contribution in [3.05, 3.63) is 70.2 Å². The van der Waals surface area contributed by atoms with E-state index in [-0.39, 0.29) is 16.4 Å². The molecule has 0 atom stereocenters. The molecule has 0 radical (unpaired) electrons. The Kier molecular flexibility index (Phi) is 6.09. The Morgan fingerprint density at radius 1 is 1.18 bits per heavy atom. The van der Waals surface area contributed by atoms with Crippen molar-refractivity contribution < 1.29 is 19.5 Å². The maximum absolute atomic E-state index is 12.6. The fraction of sp³-hybridized carbons (Fsp3) is 0.0556. The largest absolute Gasteiger partial charge is 0.464 e. The SMILES string of the molecule is COC(=O)c1csc(NC(=O)c2ccccc2NN(O)c2ccc(Cl)cc2)n1. The van der Waals surface area contributed by atoms with Gasteiger partial charge in [0.05, 0.1) is 24.0 Å². The van der Waals surface area contributed by atoms with Crippen LogP contribution in [0.25, 0.3) is 0 Å². The summed E-state index contributed by atoms with van der Waals surface area (Å²) in [6.07, 6.45) is 0. The minimum Gasteiger partial charge on any atom is -0.464 e. The second kappa shape index (κ2) is 8.70. The molecule has 0 aliphatic rings. The highest BCUT2D eigenvalue weighted by molar-refractivity contribution is 7.14. The molecule has 28 heavy (non-hydrogen) atoms. The van der Waals surface area contributed by atoms with Crippen LogP contribution in [0.15, 0.2) is 53.9 Å². The van der Waals surface area contributed by atoms with Crippen LogP contribution in [-0.4, -0.2) is 29.2 Å². The minimum atomic E-state index is -0.585. The van der Waals surface area contributed by atoms with E-state index in [1.807, 2.05) is 0 Å². The fourth-order valence-electron chi connectivity index (χ4n) is 2.23. The average molecular weight is 419 g/mol. The maximum atomic E-state index is 12.6. The molecule has 3 N–H and O–H groups in total. The Bertz CT molecular complexity index is 993. The molecule has 10 heteroatoms. The molecule has 0 saturated heterocycles. The van der Waals surface area contributed by atoms with Crippen molar-refractivity contribution in [3.63, 3.8) is 0 Å². The van der Waals surface area contributed by atoms with Crippen LogP contribution in [0.5, 0.6) is 0 Å². The van der Waals surface area contributed by atoms with Crippen LogP contribution in [-0.2, 0) is 4.74 Å². The van der Waals surface area contributed by atoms with Gasteiger partial charge in [0, 0.05) is 10.4 Å². The highest BCUT2D eigenvalue weighted by Crippen LogP contribution is 2.23. The van der Waals surface area contributed by atoms with Gasteiger partial charge in [-0.2, -0.15) is 5.17 Å². The summed E-state index contributed by atoms with van der Waals surface area (Å²) in [5, 5.41) is 15.9. The summed E-state index contributed by atoms with van der Waals surface area (Å²) in [7, 11) is 1.25. The number of thiazole rings is 1.